The molecule has 0 radical (unpaired) electrons. The van der Waals surface area contributed by atoms with Crippen LogP contribution in [0.5, 0.6) is 0 Å². The van der Waals surface area contributed by atoms with E-state index in [0.29, 0.717) is 0 Å². The Kier molecular flexibility index (Phi) is 70.4. The van der Waals surface area contributed by atoms with Gasteiger partial charge in [0, 0.05) is 94.3 Å². The summed E-state index contributed by atoms with van der Waals surface area (Å²) in [5.74, 6) is 0. The van der Waals surface area contributed by atoms with Crippen LogP contribution in [0.3, 0.4) is 0 Å². The summed E-state index contributed by atoms with van der Waals surface area (Å²) in [7, 11) is -6.58. The number of thiol groups is 1. The van der Waals surface area contributed by atoms with Gasteiger partial charge in [0.25, 0.3) is 0 Å². The minimum absolute atomic E-state index is 0. The molecule has 0 bridgehead atoms. The van der Waals surface area contributed by atoms with Gasteiger partial charge in [-0.15, -0.1) is 9.80 Å². The molecule has 3 aromatic rings. The Bertz CT molecular complexity index is 2060. The zero-order chi connectivity index (χ0) is 56.2. The monoisotopic (exact) mass is 1520 g/mol. The fraction of sp³-hybridized carbons (Fsp3) is 0.830. The first-order valence-corrected chi connectivity index (χ1v) is 37.3. The molecule has 0 fully saturated rings. The molecule has 0 aromatic carbocycles. The first kappa shape index (κ1) is 92.6. The van der Waals surface area contributed by atoms with Gasteiger partial charge in [0.2, 0.25) is 12.7 Å². The average Bonchev–Trinajstić information content (AvgIpc) is 4.09. The summed E-state index contributed by atoms with van der Waals surface area (Å²) in [5, 5.41) is 0.945. The molecule has 0 atom stereocenters. The van der Waals surface area contributed by atoms with Crippen molar-refractivity contribution in [3.8, 4) is 0 Å². The van der Waals surface area contributed by atoms with E-state index in [1.807, 2.05) is 28.1 Å². The van der Waals surface area contributed by atoms with E-state index in [2.05, 4.69) is 130 Å². The van der Waals surface area contributed by atoms with Crippen LogP contribution < -0.4 is 86.3 Å². The van der Waals surface area contributed by atoms with E-state index in [4.69, 9.17) is 14.2 Å². The molecule has 3 aliphatic rings. The third-order valence-electron chi connectivity index (χ3n) is 12.6. The molecule has 1 N–H and O–H groups in total. The number of hydrogen-bond acceptors (Lipinski definition) is 11. The molecule has 3 aromatic heterocycles. The van der Waals surface area contributed by atoms with Crippen LogP contribution in [0.15, 0.2) is 19.0 Å². The Balaban J connectivity index is -0.000000216. The Labute approximate surface area is 577 Å². The van der Waals surface area contributed by atoms with Crippen LogP contribution in [-0.4, -0.2) is 80.5 Å². The molecule has 27 heteroatoms. The van der Waals surface area contributed by atoms with Crippen molar-refractivity contribution in [2.24, 2.45) is 0 Å². The molecular formula is C53H103Br2F3IKN7O7S6+. The van der Waals surface area contributed by atoms with E-state index in [-0.39, 0.29) is 92.1 Å². The van der Waals surface area contributed by atoms with Crippen LogP contribution in [0.1, 0.15) is 206 Å². The van der Waals surface area contributed by atoms with E-state index >= 15 is 0 Å². The quantitative estimate of drug-likeness (QED) is 0.0210. The Morgan fingerprint density at radius 1 is 0.613 bits per heavy atom. The van der Waals surface area contributed by atoms with E-state index in [0.717, 1.165) is 66.9 Å². The maximum Gasteiger partial charge on any atom is 1.00 e. The number of fused-ring (bicyclic) bond motifs is 3. The second kappa shape index (κ2) is 60.8. The van der Waals surface area contributed by atoms with E-state index in [1.54, 1.807) is 22.8 Å². The second-order valence-corrected chi connectivity index (χ2v) is 23.2. The third-order valence-corrected chi connectivity index (χ3v) is 14.5. The fourth-order valence-electron chi connectivity index (χ4n) is 9.15. The van der Waals surface area contributed by atoms with Gasteiger partial charge in [0.1, 0.15) is 35.9 Å². The smallest absolute Gasteiger partial charge is 1.00 e. The van der Waals surface area contributed by atoms with E-state index < -0.39 is 20.8 Å². The van der Waals surface area contributed by atoms with Crippen LogP contribution >= 0.6 is 46.9 Å². The molecule has 3 aliphatic carbocycles. The van der Waals surface area contributed by atoms with E-state index in [9.17, 15) is 24.6 Å². The summed E-state index contributed by atoms with van der Waals surface area (Å²) < 4.78 is 87.6. The van der Waals surface area contributed by atoms with Gasteiger partial charge >= 0.3 is 72.2 Å². The summed E-state index contributed by atoms with van der Waals surface area (Å²) in [6.07, 6.45) is 38.5. The predicted molar refractivity (Wildman–Crippen MR) is 339 cm³/mol. The van der Waals surface area contributed by atoms with Crippen molar-refractivity contribution in [2.45, 2.75) is 243 Å². The van der Waals surface area contributed by atoms with Gasteiger partial charge in [0.05, 0.1) is 44.9 Å². The van der Waals surface area contributed by atoms with Gasteiger partial charge in [-0.25, -0.2) is 23.3 Å². The molecule has 0 unspecified atom stereocenters. The Morgan fingerprint density at radius 2 is 0.975 bits per heavy atom. The topological polar surface area (TPSA) is 143 Å². The summed E-state index contributed by atoms with van der Waals surface area (Å²) in [6.45, 7) is 23.5. The zero-order valence-corrected chi connectivity index (χ0v) is 61.4. The number of halogens is 6. The van der Waals surface area contributed by atoms with Gasteiger partial charge in [-0.05, 0) is 125 Å². The van der Waals surface area contributed by atoms with Crippen molar-refractivity contribution in [3.63, 3.8) is 0 Å². The maximum absolute atomic E-state index is 11.1. The first-order valence-electron chi connectivity index (χ1n) is 27.5. The van der Waals surface area contributed by atoms with Crippen molar-refractivity contribution in [2.75, 3.05) is 45.0 Å². The molecule has 3 heterocycles. The number of nitrogens with one attached hydrogen (secondary N) is 1. The number of ether oxygens (including phenoxy) is 3. The zero-order valence-electron chi connectivity index (χ0n) is 48.0. The number of hydrogen-bond donors (Lipinski definition) is 2. The Morgan fingerprint density at radius 3 is 1.32 bits per heavy atom. The van der Waals surface area contributed by atoms with Crippen molar-refractivity contribution >= 4 is 99.0 Å². The molecule has 0 saturated carbocycles. The summed E-state index contributed by atoms with van der Waals surface area (Å²) in [4.78, 5) is 4.52. The average molecular weight is 1530 g/mol. The number of aromatic nitrogens is 6. The van der Waals surface area contributed by atoms with Gasteiger partial charge in [-0.3, -0.25) is 0 Å². The number of alkyl halides is 1. The van der Waals surface area contributed by atoms with Crippen molar-refractivity contribution in [3.05, 3.63) is 53.1 Å². The van der Waals surface area contributed by atoms with Crippen LogP contribution in [0, 0.1) is 0 Å². The molecule has 0 amide bonds. The Hall–Kier alpha value is 1.50. The van der Waals surface area contributed by atoms with Crippen molar-refractivity contribution in [1.29, 1.82) is 0 Å². The van der Waals surface area contributed by atoms with Crippen molar-refractivity contribution in [1.82, 2.24) is 22.8 Å². The van der Waals surface area contributed by atoms with Crippen molar-refractivity contribution < 1.29 is 121 Å². The molecule has 470 valence electrons. The standard InChI is InChI=1S/2C17H31N2O.C13H22N2.C4H9BrO.2CH4.BrH.F2HNO4S2.FH.HIS.K.S3/c2*1-3-5-6-9-12-18-15-19(13-14-20-4-2)17-11-8-7-10-16(17)18;1-2-3-4-7-10-15-11-14-12-8-5-6-9-13(12)15;1-2-6-4-3-5;;;;1-8(4,5)3-9(2,6)7;;1-2;;1-3-2/h2*15H,3-14H2,1-2H3;11H,2-10H2,1H3;2-4H2,1H3;2*1H4;1H;3H;1H;2H;;/q2*+1;;;;;;;;;+1;/p-2. The van der Waals surface area contributed by atoms with Crippen LogP contribution in [-0.2, 0) is 138 Å². The first-order chi connectivity index (χ1) is 36.2. The molecule has 0 aliphatic heterocycles. The number of aryl methyl sites for hydroxylation is 4. The third kappa shape index (κ3) is 44.9. The van der Waals surface area contributed by atoms with Gasteiger partial charge in [-0.1, -0.05) is 108 Å². The molecule has 14 nitrogen and oxygen atoms in total. The number of imidazole rings is 3. The maximum atomic E-state index is 11.1. The SMILES string of the molecule is C.C.CCCCCC[n+]1cn(CCOCC)c2c1CCCC2.CCCCCC[n+]1cn(CCOCC)c2c1CCCC2.CCCCCCn1cnc2c1CCCC2.CCOCCBr.O=S(=O)(F)NS(=O)(=O)F.S=S=S.SI.[Br-].[F-].[K+]. The van der Waals surface area contributed by atoms with E-state index in [1.165, 1.54) is 185 Å². The van der Waals surface area contributed by atoms with Crippen LogP contribution in [0.2, 0.25) is 0 Å². The van der Waals surface area contributed by atoms with Gasteiger partial charge < -0.3 is 40.5 Å². The minimum atomic E-state index is -5.49. The molecule has 0 spiro atoms. The van der Waals surface area contributed by atoms with Crippen LogP contribution in [0.4, 0.5) is 7.77 Å². The largest absolute Gasteiger partial charge is 1.00 e. The minimum Gasteiger partial charge on any atom is -1.00 e. The second-order valence-electron chi connectivity index (χ2n) is 18.2. The number of rotatable bonds is 28. The molecule has 6 rings (SSSR count). The van der Waals surface area contributed by atoms with Gasteiger partial charge in [0.15, 0.2) is 0 Å². The predicted octanol–water partition coefficient (Wildman–Crippen LogP) is 3.85. The fourth-order valence-corrected chi connectivity index (χ4v) is 10.3. The molecule has 80 heavy (non-hydrogen) atoms. The summed E-state index contributed by atoms with van der Waals surface area (Å²) in [6, 6.07) is 0. The number of unbranched alkanes of at least 4 members (excludes halogenated alkanes) is 9. The normalized spacial score (nSPS) is 12.5. The molecular weight excluding hydrogens is 1420 g/mol. The number of nitrogens with zero attached hydrogens (tertiary/aromatic N) is 6. The summed E-state index contributed by atoms with van der Waals surface area (Å²) in [5.41, 5.74) is 9.25. The van der Waals surface area contributed by atoms with Crippen LogP contribution in [0.25, 0.3) is 0 Å². The van der Waals surface area contributed by atoms with Gasteiger partial charge in [-0.2, -0.15) is 16.8 Å². The summed E-state index contributed by atoms with van der Waals surface area (Å²) >= 11 is 13.3. The molecule has 0 saturated heterocycles.